The van der Waals surface area contributed by atoms with Crippen molar-refractivity contribution in [1.82, 2.24) is 13.1 Å². The van der Waals surface area contributed by atoms with Crippen LogP contribution in [0, 0.1) is 0 Å². The highest BCUT2D eigenvalue weighted by molar-refractivity contribution is 7.89. The second-order valence-corrected chi connectivity index (χ2v) is 9.37. The SMILES string of the molecule is O=S(=O)(c1cccc2nsnc12)N(Cc1cccs1)CC1CCCO1. The molecule has 1 atom stereocenters. The molecular weight excluding hydrogens is 378 g/mol. The topological polar surface area (TPSA) is 72.4 Å². The van der Waals surface area contributed by atoms with Crippen LogP contribution in [-0.2, 0) is 21.3 Å². The minimum Gasteiger partial charge on any atom is -0.377 e. The molecule has 0 bridgehead atoms. The Bertz CT molecular complexity index is 947. The highest BCUT2D eigenvalue weighted by Crippen LogP contribution is 2.27. The Kier molecular flexibility index (Phi) is 4.83. The van der Waals surface area contributed by atoms with Crippen LogP contribution >= 0.6 is 23.1 Å². The zero-order valence-corrected chi connectivity index (χ0v) is 15.8. The third-order valence-electron chi connectivity index (χ3n) is 4.21. The molecule has 3 aromatic rings. The average Bonchev–Trinajstić information content (AvgIpc) is 3.36. The molecule has 3 heterocycles. The third-order valence-corrected chi connectivity index (χ3v) is 7.46. The van der Waals surface area contributed by atoms with E-state index in [1.165, 1.54) is 4.31 Å². The number of hydrogen-bond acceptors (Lipinski definition) is 7. The summed E-state index contributed by atoms with van der Waals surface area (Å²) < 4.78 is 42.3. The van der Waals surface area contributed by atoms with Gasteiger partial charge in [-0.15, -0.1) is 11.3 Å². The number of rotatable bonds is 6. The van der Waals surface area contributed by atoms with Crippen molar-refractivity contribution in [3.63, 3.8) is 0 Å². The fourth-order valence-electron chi connectivity index (χ4n) is 2.97. The quantitative estimate of drug-likeness (QED) is 0.641. The molecule has 9 heteroatoms. The normalized spacial score (nSPS) is 18.4. The van der Waals surface area contributed by atoms with Crippen LogP contribution in [0.15, 0.2) is 40.6 Å². The van der Waals surface area contributed by atoms with Crippen LogP contribution in [0.3, 0.4) is 0 Å². The monoisotopic (exact) mass is 395 g/mol. The van der Waals surface area contributed by atoms with Gasteiger partial charge in [0.2, 0.25) is 10.0 Å². The molecule has 2 aromatic heterocycles. The predicted molar refractivity (Wildman–Crippen MR) is 98.3 cm³/mol. The maximum Gasteiger partial charge on any atom is 0.245 e. The van der Waals surface area contributed by atoms with Crippen molar-refractivity contribution in [2.45, 2.75) is 30.4 Å². The van der Waals surface area contributed by atoms with E-state index in [9.17, 15) is 8.42 Å². The number of nitrogens with zero attached hydrogens (tertiary/aromatic N) is 3. The Morgan fingerprint density at radius 2 is 2.16 bits per heavy atom. The van der Waals surface area contributed by atoms with Gasteiger partial charge in [0.1, 0.15) is 15.9 Å². The lowest BCUT2D eigenvalue weighted by Gasteiger charge is -2.24. The Balaban J connectivity index is 1.72. The molecule has 0 aliphatic carbocycles. The highest BCUT2D eigenvalue weighted by atomic mass is 32.2. The Morgan fingerprint density at radius 1 is 1.24 bits per heavy atom. The molecule has 0 radical (unpaired) electrons. The van der Waals surface area contributed by atoms with Crippen LogP contribution in [0.5, 0.6) is 0 Å². The summed E-state index contributed by atoms with van der Waals surface area (Å²) >= 11 is 2.58. The second kappa shape index (κ2) is 7.08. The number of hydrogen-bond donors (Lipinski definition) is 0. The van der Waals surface area contributed by atoms with Crippen molar-refractivity contribution in [3.05, 3.63) is 40.6 Å². The minimum absolute atomic E-state index is 0.0532. The fourth-order valence-corrected chi connectivity index (χ4v) is 5.97. The molecule has 0 amide bonds. The zero-order valence-electron chi connectivity index (χ0n) is 13.4. The first-order valence-electron chi connectivity index (χ1n) is 8.00. The lowest BCUT2D eigenvalue weighted by molar-refractivity contribution is 0.0928. The molecule has 1 aliphatic heterocycles. The highest BCUT2D eigenvalue weighted by Gasteiger charge is 2.31. The van der Waals surface area contributed by atoms with Gasteiger partial charge in [0.15, 0.2) is 0 Å². The van der Waals surface area contributed by atoms with Gasteiger partial charge in [0, 0.05) is 24.6 Å². The largest absolute Gasteiger partial charge is 0.377 e. The van der Waals surface area contributed by atoms with Crippen LogP contribution in [-0.4, -0.2) is 40.7 Å². The molecule has 0 spiro atoms. The molecule has 1 unspecified atom stereocenters. The lowest BCUT2D eigenvalue weighted by Crippen LogP contribution is -2.36. The smallest absolute Gasteiger partial charge is 0.245 e. The van der Waals surface area contributed by atoms with Gasteiger partial charge in [-0.1, -0.05) is 12.1 Å². The number of aromatic nitrogens is 2. The van der Waals surface area contributed by atoms with Crippen LogP contribution in [0.25, 0.3) is 11.0 Å². The summed E-state index contributed by atoms with van der Waals surface area (Å²) in [6.45, 7) is 1.39. The fraction of sp³-hybridized carbons (Fsp3) is 0.375. The van der Waals surface area contributed by atoms with Crippen molar-refractivity contribution >= 4 is 44.1 Å². The standard InChI is InChI=1S/C16H17N3O3S3/c20-25(21,15-7-1-6-14-16(15)18-24-17-14)19(10-12-4-2-8-22-12)11-13-5-3-9-23-13/h1,3,5-7,9,12H,2,4,8,10-11H2. The average molecular weight is 396 g/mol. The number of fused-ring (bicyclic) bond motifs is 1. The van der Waals surface area contributed by atoms with Gasteiger partial charge in [0.25, 0.3) is 0 Å². The van der Waals surface area contributed by atoms with E-state index in [2.05, 4.69) is 8.75 Å². The number of thiophene rings is 1. The second-order valence-electron chi connectivity index (χ2n) is 5.90. The Hall–Kier alpha value is -1.39. The molecule has 0 N–H and O–H groups in total. The van der Waals surface area contributed by atoms with E-state index >= 15 is 0 Å². The Morgan fingerprint density at radius 3 is 2.92 bits per heavy atom. The van der Waals surface area contributed by atoms with Crippen molar-refractivity contribution in [3.8, 4) is 0 Å². The molecular formula is C16H17N3O3S3. The van der Waals surface area contributed by atoms with E-state index in [0.29, 0.717) is 30.7 Å². The summed E-state index contributed by atoms with van der Waals surface area (Å²) in [5, 5.41) is 1.96. The summed E-state index contributed by atoms with van der Waals surface area (Å²) in [6, 6.07) is 8.99. The van der Waals surface area contributed by atoms with Crippen LogP contribution in [0.1, 0.15) is 17.7 Å². The Labute approximate surface area is 154 Å². The maximum atomic E-state index is 13.4. The van der Waals surface area contributed by atoms with E-state index in [4.69, 9.17) is 4.74 Å². The van der Waals surface area contributed by atoms with E-state index in [1.54, 1.807) is 29.5 Å². The van der Waals surface area contributed by atoms with Crippen molar-refractivity contribution in [1.29, 1.82) is 0 Å². The molecule has 6 nitrogen and oxygen atoms in total. The molecule has 1 aliphatic rings. The van der Waals surface area contributed by atoms with E-state index in [1.807, 2.05) is 17.5 Å². The van der Waals surface area contributed by atoms with Gasteiger partial charge in [-0.25, -0.2) is 8.42 Å². The van der Waals surface area contributed by atoms with Gasteiger partial charge in [-0.05, 0) is 36.4 Å². The van der Waals surface area contributed by atoms with Gasteiger partial charge in [0.05, 0.1) is 17.8 Å². The van der Waals surface area contributed by atoms with Gasteiger partial charge < -0.3 is 4.74 Å². The van der Waals surface area contributed by atoms with Crippen LogP contribution in [0.2, 0.25) is 0 Å². The molecule has 0 saturated carbocycles. The maximum absolute atomic E-state index is 13.4. The molecule has 132 valence electrons. The number of ether oxygens (including phenoxy) is 1. The van der Waals surface area contributed by atoms with Crippen molar-refractivity contribution in [2.75, 3.05) is 13.2 Å². The molecule has 1 fully saturated rings. The van der Waals surface area contributed by atoms with Crippen LogP contribution in [0.4, 0.5) is 0 Å². The van der Waals surface area contributed by atoms with Crippen LogP contribution < -0.4 is 0 Å². The summed E-state index contributed by atoms with van der Waals surface area (Å²) in [5.74, 6) is 0. The number of sulfonamides is 1. The lowest BCUT2D eigenvalue weighted by atomic mass is 10.2. The van der Waals surface area contributed by atoms with E-state index in [0.717, 1.165) is 29.4 Å². The van der Waals surface area contributed by atoms with Gasteiger partial charge >= 0.3 is 0 Å². The molecule has 1 aromatic carbocycles. The first kappa shape index (κ1) is 17.0. The summed E-state index contributed by atoms with van der Waals surface area (Å²) in [7, 11) is -3.70. The molecule has 25 heavy (non-hydrogen) atoms. The summed E-state index contributed by atoms with van der Waals surface area (Å²) in [6.07, 6.45) is 1.81. The summed E-state index contributed by atoms with van der Waals surface area (Å²) in [5.41, 5.74) is 1.05. The molecule has 1 saturated heterocycles. The summed E-state index contributed by atoms with van der Waals surface area (Å²) in [4.78, 5) is 1.22. The number of benzene rings is 1. The van der Waals surface area contributed by atoms with Crippen molar-refractivity contribution in [2.24, 2.45) is 0 Å². The van der Waals surface area contributed by atoms with E-state index in [-0.39, 0.29) is 11.0 Å². The zero-order chi connectivity index (χ0) is 17.3. The van der Waals surface area contributed by atoms with Gasteiger partial charge in [-0.2, -0.15) is 13.1 Å². The first-order chi connectivity index (χ1) is 12.1. The van der Waals surface area contributed by atoms with Gasteiger partial charge in [-0.3, -0.25) is 0 Å². The minimum atomic E-state index is -3.70. The van der Waals surface area contributed by atoms with Crippen molar-refractivity contribution < 1.29 is 13.2 Å². The predicted octanol–water partition coefficient (Wildman–Crippen LogP) is 3.12. The molecule has 4 rings (SSSR count). The van der Waals surface area contributed by atoms with E-state index < -0.39 is 10.0 Å². The third kappa shape index (κ3) is 3.47. The first-order valence-corrected chi connectivity index (χ1v) is 11.0.